The molecule has 0 spiro atoms. The van der Waals surface area contributed by atoms with Crippen LogP contribution in [0.2, 0.25) is 0 Å². The number of benzene rings is 2. The van der Waals surface area contributed by atoms with Crippen LogP contribution in [-0.2, 0) is 9.31 Å². The van der Waals surface area contributed by atoms with E-state index in [-0.39, 0.29) is 0 Å². The lowest BCUT2D eigenvalue weighted by atomic mass is 9.78. The van der Waals surface area contributed by atoms with E-state index in [2.05, 4.69) is 61.9 Å². The molecule has 4 heterocycles. The molecular formula is C31H28BN5O2. The summed E-state index contributed by atoms with van der Waals surface area (Å²) in [6.45, 7) is 8.26. The summed E-state index contributed by atoms with van der Waals surface area (Å²) < 4.78 is 12.6. The fourth-order valence-electron chi connectivity index (χ4n) is 4.44. The van der Waals surface area contributed by atoms with Gasteiger partial charge in [0.25, 0.3) is 0 Å². The Balaban J connectivity index is 1.39. The topological polar surface area (TPSA) is 82.9 Å². The summed E-state index contributed by atoms with van der Waals surface area (Å²) in [5.74, 6) is 1.69. The molecule has 6 rings (SSSR count). The van der Waals surface area contributed by atoms with Gasteiger partial charge in [-0.25, -0.2) is 15.0 Å². The van der Waals surface area contributed by atoms with E-state index < -0.39 is 18.3 Å². The average Bonchev–Trinajstić information content (AvgIpc) is 3.20. The fourth-order valence-corrected chi connectivity index (χ4v) is 4.44. The van der Waals surface area contributed by atoms with Crippen molar-refractivity contribution >= 4 is 12.6 Å². The highest BCUT2D eigenvalue weighted by Crippen LogP contribution is 2.37. The summed E-state index contributed by atoms with van der Waals surface area (Å²) in [5.41, 5.74) is 4.79. The summed E-state index contributed by atoms with van der Waals surface area (Å²) >= 11 is 0. The summed E-state index contributed by atoms with van der Waals surface area (Å²) in [6, 6.07) is 24.1. The van der Waals surface area contributed by atoms with Crippen molar-refractivity contribution in [3.8, 4) is 45.3 Å². The molecule has 7 nitrogen and oxygen atoms in total. The zero-order valence-corrected chi connectivity index (χ0v) is 22.4. The van der Waals surface area contributed by atoms with Gasteiger partial charge in [-0.1, -0.05) is 42.5 Å². The molecule has 3 aromatic heterocycles. The first-order valence-electron chi connectivity index (χ1n) is 12.9. The number of hydrogen-bond acceptors (Lipinski definition) is 7. The van der Waals surface area contributed by atoms with Crippen LogP contribution in [0.5, 0.6) is 0 Å². The van der Waals surface area contributed by atoms with Crippen molar-refractivity contribution in [2.24, 2.45) is 0 Å². The molecule has 0 bridgehead atoms. The molecule has 39 heavy (non-hydrogen) atoms. The van der Waals surface area contributed by atoms with Crippen LogP contribution in [0.3, 0.4) is 0 Å². The van der Waals surface area contributed by atoms with E-state index in [9.17, 15) is 0 Å². The lowest BCUT2D eigenvalue weighted by Crippen LogP contribution is -2.41. The van der Waals surface area contributed by atoms with Crippen molar-refractivity contribution in [2.45, 2.75) is 38.9 Å². The zero-order valence-electron chi connectivity index (χ0n) is 22.4. The smallest absolute Gasteiger partial charge is 0.399 e. The highest BCUT2D eigenvalue weighted by Gasteiger charge is 2.51. The van der Waals surface area contributed by atoms with E-state index in [1.807, 2.05) is 48.5 Å². The molecule has 0 atom stereocenters. The third-order valence-corrected chi connectivity index (χ3v) is 7.34. The van der Waals surface area contributed by atoms with Gasteiger partial charge in [-0.15, -0.1) is 0 Å². The largest absolute Gasteiger partial charge is 0.494 e. The SMILES string of the molecule is CC1(C)OB(c2cccc(-c3cccc(-c4nc(-c5cccnc5)nc(-c5cccnc5)n4)c3)c2)OC1(C)C. The predicted octanol–water partition coefficient (Wildman–Crippen LogP) is 5.63. The van der Waals surface area contributed by atoms with E-state index in [0.29, 0.717) is 17.5 Å². The van der Waals surface area contributed by atoms with E-state index in [1.165, 1.54) is 0 Å². The minimum Gasteiger partial charge on any atom is -0.399 e. The Morgan fingerprint density at radius 2 is 1.00 bits per heavy atom. The molecule has 0 saturated carbocycles. The molecule has 1 aliphatic heterocycles. The molecular weight excluding hydrogens is 485 g/mol. The fraction of sp³-hybridized carbons (Fsp3) is 0.194. The maximum atomic E-state index is 6.29. The Morgan fingerprint density at radius 3 is 1.54 bits per heavy atom. The predicted molar refractivity (Wildman–Crippen MR) is 153 cm³/mol. The first kappa shape index (κ1) is 25.0. The van der Waals surface area contributed by atoms with Gasteiger partial charge >= 0.3 is 7.12 Å². The molecule has 5 aromatic rings. The third-order valence-electron chi connectivity index (χ3n) is 7.34. The summed E-state index contributed by atoms with van der Waals surface area (Å²) in [4.78, 5) is 22.9. The van der Waals surface area contributed by atoms with Gasteiger partial charge in [0.15, 0.2) is 17.5 Å². The van der Waals surface area contributed by atoms with Crippen LogP contribution in [0.4, 0.5) is 0 Å². The Hall–Kier alpha value is -4.27. The summed E-state index contributed by atoms with van der Waals surface area (Å²) in [7, 11) is -0.425. The molecule has 0 N–H and O–H groups in total. The van der Waals surface area contributed by atoms with Crippen molar-refractivity contribution in [3.63, 3.8) is 0 Å². The van der Waals surface area contributed by atoms with E-state index >= 15 is 0 Å². The highest BCUT2D eigenvalue weighted by molar-refractivity contribution is 6.62. The normalized spacial score (nSPS) is 15.8. The van der Waals surface area contributed by atoms with Crippen molar-refractivity contribution < 1.29 is 9.31 Å². The van der Waals surface area contributed by atoms with Gasteiger partial charge in [0, 0.05) is 41.5 Å². The van der Waals surface area contributed by atoms with Gasteiger partial charge in [-0.05, 0) is 74.6 Å². The average molecular weight is 513 g/mol. The zero-order chi connectivity index (χ0) is 27.0. The number of hydrogen-bond donors (Lipinski definition) is 0. The first-order chi connectivity index (χ1) is 18.8. The monoisotopic (exact) mass is 513 g/mol. The van der Waals surface area contributed by atoms with E-state index in [4.69, 9.17) is 24.3 Å². The molecule has 2 aromatic carbocycles. The van der Waals surface area contributed by atoms with Crippen LogP contribution < -0.4 is 5.46 Å². The van der Waals surface area contributed by atoms with E-state index in [0.717, 1.165) is 33.3 Å². The minimum absolute atomic E-state index is 0.399. The van der Waals surface area contributed by atoms with Crippen molar-refractivity contribution in [2.75, 3.05) is 0 Å². The maximum Gasteiger partial charge on any atom is 0.494 e. The molecule has 1 saturated heterocycles. The van der Waals surface area contributed by atoms with Gasteiger partial charge in [0.2, 0.25) is 0 Å². The minimum atomic E-state index is -0.425. The van der Waals surface area contributed by atoms with Gasteiger partial charge in [-0.2, -0.15) is 0 Å². The van der Waals surface area contributed by atoms with Crippen molar-refractivity contribution in [1.29, 1.82) is 0 Å². The number of pyridine rings is 2. The van der Waals surface area contributed by atoms with Crippen LogP contribution in [-0.4, -0.2) is 43.2 Å². The van der Waals surface area contributed by atoms with Gasteiger partial charge in [-0.3, -0.25) is 9.97 Å². The lowest BCUT2D eigenvalue weighted by Gasteiger charge is -2.32. The second kappa shape index (κ2) is 9.80. The van der Waals surface area contributed by atoms with Crippen LogP contribution in [0.1, 0.15) is 27.7 Å². The molecule has 1 aliphatic rings. The van der Waals surface area contributed by atoms with Gasteiger partial charge < -0.3 is 9.31 Å². The number of rotatable bonds is 5. The Labute approximate surface area is 228 Å². The second-order valence-electron chi connectivity index (χ2n) is 10.6. The summed E-state index contributed by atoms with van der Waals surface area (Å²) in [5, 5.41) is 0. The molecule has 0 amide bonds. The molecule has 8 heteroatoms. The first-order valence-corrected chi connectivity index (χ1v) is 12.9. The summed E-state index contributed by atoms with van der Waals surface area (Å²) in [6.07, 6.45) is 6.97. The number of aromatic nitrogens is 5. The molecule has 192 valence electrons. The lowest BCUT2D eigenvalue weighted by molar-refractivity contribution is 0.00578. The van der Waals surface area contributed by atoms with Gasteiger partial charge in [0.05, 0.1) is 11.2 Å². The van der Waals surface area contributed by atoms with Gasteiger partial charge in [0.1, 0.15) is 0 Å². The van der Waals surface area contributed by atoms with Crippen LogP contribution in [0, 0.1) is 0 Å². The highest BCUT2D eigenvalue weighted by atomic mass is 16.7. The van der Waals surface area contributed by atoms with Crippen LogP contribution in [0.15, 0.2) is 97.6 Å². The Kier molecular flexibility index (Phi) is 6.29. The van der Waals surface area contributed by atoms with E-state index in [1.54, 1.807) is 24.8 Å². The molecule has 0 radical (unpaired) electrons. The molecule has 0 unspecified atom stereocenters. The standard InChI is InChI=1S/C31H28BN5O2/c1-30(2)31(3,4)39-32(38-30)26-14-6-10-22(18-26)21-9-5-11-23(17-21)27-35-28(24-12-7-15-33-19-24)37-29(36-27)25-13-8-16-34-20-25/h5-20H,1-4H3. The number of nitrogens with zero attached hydrogens (tertiary/aromatic N) is 5. The molecule has 0 aliphatic carbocycles. The quantitative estimate of drug-likeness (QED) is 0.282. The third kappa shape index (κ3) is 4.96. The van der Waals surface area contributed by atoms with Crippen molar-refractivity contribution in [3.05, 3.63) is 97.6 Å². The van der Waals surface area contributed by atoms with Crippen LogP contribution >= 0.6 is 0 Å². The Morgan fingerprint density at radius 1 is 0.538 bits per heavy atom. The second-order valence-corrected chi connectivity index (χ2v) is 10.6. The van der Waals surface area contributed by atoms with Crippen LogP contribution in [0.25, 0.3) is 45.3 Å². The van der Waals surface area contributed by atoms with Crippen molar-refractivity contribution in [1.82, 2.24) is 24.9 Å². The Bertz CT molecular complexity index is 1550. The molecule has 1 fully saturated rings. The maximum absolute atomic E-state index is 6.29.